The van der Waals surface area contributed by atoms with Gasteiger partial charge in [0, 0.05) is 23.3 Å². The molecule has 1 aliphatic carbocycles. The first-order valence-corrected chi connectivity index (χ1v) is 13.3. The topological polar surface area (TPSA) is 87.2 Å². The van der Waals surface area contributed by atoms with Crippen LogP contribution in [0.25, 0.3) is 0 Å². The fourth-order valence-electron chi connectivity index (χ4n) is 4.54. The Bertz CT molecular complexity index is 1290. The van der Waals surface area contributed by atoms with Gasteiger partial charge in [0.05, 0.1) is 10.7 Å². The molecule has 0 amide bonds. The highest BCUT2D eigenvalue weighted by molar-refractivity contribution is 7.92. The summed E-state index contributed by atoms with van der Waals surface area (Å²) in [5, 5.41) is 4.19. The lowest BCUT2D eigenvalue weighted by Gasteiger charge is -2.41. The fourth-order valence-corrected chi connectivity index (χ4v) is 6.11. The second-order valence-electron chi connectivity index (χ2n) is 8.81. The van der Waals surface area contributed by atoms with Gasteiger partial charge in [-0.1, -0.05) is 35.3 Å². The molecular formula is C24H26Cl2FN5O2S. The predicted octanol–water partition coefficient (Wildman–Crippen LogP) is 5.40. The van der Waals surface area contributed by atoms with Crippen LogP contribution in [0, 0.1) is 5.82 Å². The SMILES string of the molecule is CN(C)[C@H]1C[C@@H](c2cccc(Cl)c2)CC[C@@H]1Nc1cc(F)c(S(=O)(=O)Nc2ccncn2)cc1Cl. The summed E-state index contributed by atoms with van der Waals surface area (Å²) in [5.74, 6) is -0.526. The second kappa shape index (κ2) is 10.7. The average Bonchev–Trinajstić information content (AvgIpc) is 2.81. The zero-order valence-electron chi connectivity index (χ0n) is 19.2. The summed E-state index contributed by atoms with van der Waals surface area (Å²) in [6, 6.07) is 11.7. The van der Waals surface area contributed by atoms with Crippen molar-refractivity contribution in [2.75, 3.05) is 24.1 Å². The summed E-state index contributed by atoms with van der Waals surface area (Å²) in [4.78, 5) is 9.13. The first kappa shape index (κ1) is 25.6. The third-order valence-electron chi connectivity index (χ3n) is 6.27. The Labute approximate surface area is 214 Å². The lowest BCUT2D eigenvalue weighted by atomic mass is 9.78. The van der Waals surface area contributed by atoms with Crippen LogP contribution in [0.15, 0.2) is 59.9 Å². The van der Waals surface area contributed by atoms with E-state index < -0.39 is 20.7 Å². The summed E-state index contributed by atoms with van der Waals surface area (Å²) < 4.78 is 42.6. The van der Waals surface area contributed by atoms with Crippen LogP contribution in [-0.2, 0) is 10.0 Å². The smallest absolute Gasteiger partial charge is 0.266 e. The van der Waals surface area contributed by atoms with Crippen LogP contribution in [0.4, 0.5) is 15.9 Å². The molecule has 0 radical (unpaired) electrons. The summed E-state index contributed by atoms with van der Waals surface area (Å²) in [6.45, 7) is 0. The molecule has 186 valence electrons. The minimum atomic E-state index is -4.23. The number of likely N-dealkylation sites (N-methyl/N-ethyl adjacent to an activating group) is 1. The van der Waals surface area contributed by atoms with Crippen molar-refractivity contribution in [3.8, 4) is 0 Å². The normalized spacial score (nSPS) is 20.6. The Hall–Kier alpha value is -2.46. The van der Waals surface area contributed by atoms with Gasteiger partial charge in [-0.25, -0.2) is 22.8 Å². The minimum absolute atomic E-state index is 0.000986. The van der Waals surface area contributed by atoms with Crippen LogP contribution in [0.2, 0.25) is 10.0 Å². The van der Waals surface area contributed by atoms with Crippen LogP contribution in [-0.4, -0.2) is 49.5 Å². The molecule has 7 nitrogen and oxygen atoms in total. The number of hydrogen-bond donors (Lipinski definition) is 2. The van der Waals surface area contributed by atoms with E-state index in [1.54, 1.807) is 0 Å². The maximum Gasteiger partial charge on any atom is 0.266 e. The van der Waals surface area contributed by atoms with E-state index in [2.05, 4.69) is 31.0 Å². The van der Waals surface area contributed by atoms with Gasteiger partial charge in [0.2, 0.25) is 0 Å². The number of rotatable bonds is 7. The third-order valence-corrected chi connectivity index (χ3v) is 8.19. The van der Waals surface area contributed by atoms with Gasteiger partial charge in [-0.15, -0.1) is 0 Å². The molecule has 1 aromatic heterocycles. The molecular weight excluding hydrogens is 512 g/mol. The van der Waals surface area contributed by atoms with Crippen molar-refractivity contribution in [2.24, 2.45) is 0 Å². The van der Waals surface area contributed by atoms with Crippen LogP contribution in [0.5, 0.6) is 0 Å². The number of anilines is 2. The monoisotopic (exact) mass is 537 g/mol. The van der Waals surface area contributed by atoms with Gasteiger partial charge in [0.15, 0.2) is 0 Å². The number of sulfonamides is 1. The van der Waals surface area contributed by atoms with Crippen molar-refractivity contribution >= 4 is 44.7 Å². The van der Waals surface area contributed by atoms with Crippen molar-refractivity contribution < 1.29 is 12.8 Å². The number of hydrogen-bond acceptors (Lipinski definition) is 6. The molecule has 0 saturated heterocycles. The van der Waals surface area contributed by atoms with Crippen molar-refractivity contribution in [1.29, 1.82) is 0 Å². The van der Waals surface area contributed by atoms with Crippen LogP contribution >= 0.6 is 23.2 Å². The molecule has 0 unspecified atom stereocenters. The summed E-state index contributed by atoms with van der Waals surface area (Å²) in [5.41, 5.74) is 1.56. The van der Waals surface area contributed by atoms with E-state index in [-0.39, 0.29) is 22.9 Å². The lowest BCUT2D eigenvalue weighted by Crippen LogP contribution is -2.47. The zero-order valence-corrected chi connectivity index (χ0v) is 21.6. The average molecular weight is 538 g/mol. The number of benzene rings is 2. The van der Waals surface area contributed by atoms with E-state index in [1.165, 1.54) is 24.2 Å². The molecule has 1 fully saturated rings. The molecule has 3 atom stereocenters. The van der Waals surface area contributed by atoms with Gasteiger partial charge in [0.1, 0.15) is 22.9 Å². The van der Waals surface area contributed by atoms with Gasteiger partial charge >= 0.3 is 0 Å². The largest absolute Gasteiger partial charge is 0.379 e. The molecule has 35 heavy (non-hydrogen) atoms. The predicted molar refractivity (Wildman–Crippen MR) is 137 cm³/mol. The Kier molecular flexibility index (Phi) is 7.80. The van der Waals surface area contributed by atoms with Crippen LogP contribution < -0.4 is 10.0 Å². The molecule has 0 aliphatic heterocycles. The highest BCUT2D eigenvalue weighted by Crippen LogP contribution is 2.38. The Morgan fingerprint density at radius 1 is 1.11 bits per heavy atom. The lowest BCUT2D eigenvalue weighted by molar-refractivity contribution is 0.196. The Balaban J connectivity index is 1.53. The van der Waals surface area contributed by atoms with Crippen molar-refractivity contribution in [1.82, 2.24) is 14.9 Å². The van der Waals surface area contributed by atoms with E-state index in [9.17, 15) is 12.8 Å². The van der Waals surface area contributed by atoms with E-state index in [0.29, 0.717) is 11.6 Å². The number of nitrogens with one attached hydrogen (secondary N) is 2. The van der Waals surface area contributed by atoms with Crippen molar-refractivity contribution in [2.45, 2.75) is 42.2 Å². The molecule has 3 aromatic rings. The molecule has 11 heteroatoms. The molecule has 4 rings (SSSR count). The first-order chi connectivity index (χ1) is 16.6. The minimum Gasteiger partial charge on any atom is -0.379 e. The standard InChI is InChI=1S/C24H26Cl2FN5O2S/c1-32(2)22-11-16(15-4-3-5-17(25)10-15)6-7-20(22)30-21-13-19(27)23(12-18(21)26)35(33,34)31-24-8-9-28-14-29-24/h3-5,8-10,12-14,16,20,22,30H,6-7,11H2,1-2H3,(H,28,29,31)/t16-,20-,22-/m0/s1. The van der Waals surface area contributed by atoms with E-state index in [0.717, 1.165) is 36.4 Å². The maximum absolute atomic E-state index is 15.0. The molecule has 2 aromatic carbocycles. The van der Waals surface area contributed by atoms with Gasteiger partial charge in [0.25, 0.3) is 10.0 Å². The Morgan fingerprint density at radius 2 is 1.91 bits per heavy atom. The molecule has 1 saturated carbocycles. The molecule has 0 spiro atoms. The van der Waals surface area contributed by atoms with Gasteiger partial charge < -0.3 is 10.2 Å². The third kappa shape index (κ3) is 6.03. The number of aromatic nitrogens is 2. The summed E-state index contributed by atoms with van der Waals surface area (Å²) in [6.07, 6.45) is 5.21. The highest BCUT2D eigenvalue weighted by atomic mass is 35.5. The zero-order chi connectivity index (χ0) is 25.2. The quantitative estimate of drug-likeness (QED) is 0.419. The Morgan fingerprint density at radius 3 is 2.60 bits per heavy atom. The fraction of sp³-hybridized carbons (Fsp3) is 0.333. The summed E-state index contributed by atoms with van der Waals surface area (Å²) in [7, 11) is -0.208. The summed E-state index contributed by atoms with van der Waals surface area (Å²) >= 11 is 12.6. The second-order valence-corrected chi connectivity index (χ2v) is 11.3. The number of nitrogens with zero attached hydrogens (tertiary/aromatic N) is 3. The van der Waals surface area contributed by atoms with Gasteiger partial charge in [-0.3, -0.25) is 4.72 Å². The van der Waals surface area contributed by atoms with E-state index in [4.69, 9.17) is 23.2 Å². The molecule has 0 bridgehead atoms. The van der Waals surface area contributed by atoms with Crippen LogP contribution in [0.1, 0.15) is 30.7 Å². The number of halogens is 3. The van der Waals surface area contributed by atoms with Gasteiger partial charge in [-0.2, -0.15) is 0 Å². The highest BCUT2D eigenvalue weighted by Gasteiger charge is 2.33. The molecule has 1 aliphatic rings. The molecule has 1 heterocycles. The first-order valence-electron chi connectivity index (χ1n) is 11.1. The van der Waals surface area contributed by atoms with Crippen molar-refractivity contribution in [3.05, 3.63) is 76.4 Å². The molecule has 2 N–H and O–H groups in total. The van der Waals surface area contributed by atoms with E-state index in [1.807, 2.05) is 32.3 Å². The maximum atomic E-state index is 15.0. The van der Waals surface area contributed by atoms with Crippen molar-refractivity contribution in [3.63, 3.8) is 0 Å². The van der Waals surface area contributed by atoms with Gasteiger partial charge in [-0.05, 0) is 75.2 Å². The van der Waals surface area contributed by atoms with E-state index >= 15 is 0 Å². The van der Waals surface area contributed by atoms with Crippen LogP contribution in [0.3, 0.4) is 0 Å².